The molecule has 1 aliphatic rings. The Morgan fingerprint density at radius 1 is 1.13 bits per heavy atom. The Bertz CT molecular complexity index is 288. The van der Waals surface area contributed by atoms with E-state index in [1.807, 2.05) is 0 Å². The minimum atomic E-state index is 0.931. The summed E-state index contributed by atoms with van der Waals surface area (Å²) in [5, 5.41) is 3.55. The number of hydrogen-bond acceptors (Lipinski definition) is 1. The molecular formula is C13H18BrN. The Hall–Kier alpha value is -0.340. The van der Waals surface area contributed by atoms with Gasteiger partial charge in [0.2, 0.25) is 0 Å². The summed E-state index contributed by atoms with van der Waals surface area (Å²) in [6, 6.07) is 8.55. The van der Waals surface area contributed by atoms with E-state index in [0.29, 0.717) is 0 Å². The molecule has 2 rings (SSSR count). The predicted octanol–water partition coefficient (Wildman–Crippen LogP) is 3.73. The summed E-state index contributed by atoms with van der Waals surface area (Å²) in [5.74, 6) is 0.931. The Kier molecular flexibility index (Phi) is 4.21. The van der Waals surface area contributed by atoms with Crippen molar-refractivity contribution in [2.45, 2.75) is 32.2 Å². The summed E-state index contributed by atoms with van der Waals surface area (Å²) in [6.45, 7) is 2.19. The van der Waals surface area contributed by atoms with Crippen molar-refractivity contribution in [3.05, 3.63) is 34.3 Å². The highest BCUT2D eigenvalue weighted by molar-refractivity contribution is 9.10. The normalized spacial score (nSPS) is 17.1. The Morgan fingerprint density at radius 2 is 1.80 bits per heavy atom. The quantitative estimate of drug-likeness (QED) is 0.877. The number of halogens is 1. The van der Waals surface area contributed by atoms with Crippen LogP contribution in [0.25, 0.3) is 0 Å². The molecule has 1 aromatic rings. The summed E-state index contributed by atoms with van der Waals surface area (Å²) >= 11 is 3.45. The first-order valence-corrected chi connectivity index (χ1v) is 6.59. The van der Waals surface area contributed by atoms with Crippen LogP contribution in [-0.4, -0.2) is 6.54 Å². The largest absolute Gasteiger partial charge is 0.312 e. The van der Waals surface area contributed by atoms with Gasteiger partial charge in [-0.05, 0) is 43.0 Å². The van der Waals surface area contributed by atoms with Crippen molar-refractivity contribution in [3.63, 3.8) is 0 Å². The summed E-state index contributed by atoms with van der Waals surface area (Å²) in [7, 11) is 0. The number of rotatable bonds is 4. The van der Waals surface area contributed by atoms with Crippen LogP contribution in [0.5, 0.6) is 0 Å². The fourth-order valence-corrected chi connectivity index (χ4v) is 2.50. The molecular weight excluding hydrogens is 250 g/mol. The molecule has 15 heavy (non-hydrogen) atoms. The van der Waals surface area contributed by atoms with E-state index in [1.165, 1.54) is 37.8 Å². The summed E-state index contributed by atoms with van der Waals surface area (Å²) in [5.41, 5.74) is 1.37. The second-order valence-electron chi connectivity index (χ2n) is 4.41. The average molecular weight is 268 g/mol. The van der Waals surface area contributed by atoms with Crippen molar-refractivity contribution >= 4 is 15.9 Å². The lowest BCUT2D eigenvalue weighted by molar-refractivity contribution is 0.489. The topological polar surface area (TPSA) is 12.0 Å². The summed E-state index contributed by atoms with van der Waals surface area (Å²) < 4.78 is 1.15. The Balaban J connectivity index is 1.71. The van der Waals surface area contributed by atoms with Gasteiger partial charge in [-0.2, -0.15) is 0 Å². The first-order valence-electron chi connectivity index (χ1n) is 5.80. The van der Waals surface area contributed by atoms with Gasteiger partial charge in [-0.25, -0.2) is 0 Å². The van der Waals surface area contributed by atoms with E-state index in [2.05, 4.69) is 45.5 Å². The highest BCUT2D eigenvalue weighted by Gasteiger charge is 2.13. The first-order chi connectivity index (χ1) is 7.34. The molecule has 0 atom stereocenters. The number of nitrogens with one attached hydrogen (secondary N) is 1. The van der Waals surface area contributed by atoms with Crippen LogP contribution in [0.4, 0.5) is 0 Å². The lowest BCUT2D eigenvalue weighted by Gasteiger charge is -2.10. The fraction of sp³-hybridized carbons (Fsp3) is 0.538. The summed E-state index contributed by atoms with van der Waals surface area (Å²) in [4.78, 5) is 0. The zero-order valence-corrected chi connectivity index (χ0v) is 10.6. The number of hydrogen-bond donors (Lipinski definition) is 1. The van der Waals surface area contributed by atoms with Crippen LogP contribution in [0.2, 0.25) is 0 Å². The molecule has 82 valence electrons. The third-order valence-electron chi connectivity index (χ3n) is 3.15. The third-order valence-corrected chi connectivity index (χ3v) is 3.68. The average Bonchev–Trinajstić information content (AvgIpc) is 2.74. The van der Waals surface area contributed by atoms with Gasteiger partial charge >= 0.3 is 0 Å². The van der Waals surface area contributed by atoms with Gasteiger partial charge in [-0.3, -0.25) is 0 Å². The highest BCUT2D eigenvalue weighted by Crippen LogP contribution is 2.23. The van der Waals surface area contributed by atoms with Crippen LogP contribution >= 0.6 is 15.9 Å². The van der Waals surface area contributed by atoms with Gasteiger partial charge in [0.1, 0.15) is 0 Å². The van der Waals surface area contributed by atoms with Crippen molar-refractivity contribution in [2.75, 3.05) is 6.54 Å². The zero-order chi connectivity index (χ0) is 10.5. The molecule has 1 saturated carbocycles. The lowest BCUT2D eigenvalue weighted by atomic mass is 10.1. The van der Waals surface area contributed by atoms with E-state index < -0.39 is 0 Å². The van der Waals surface area contributed by atoms with Gasteiger partial charge in [0.15, 0.2) is 0 Å². The molecule has 1 aromatic carbocycles. The van der Waals surface area contributed by atoms with Crippen molar-refractivity contribution < 1.29 is 0 Å². The van der Waals surface area contributed by atoms with E-state index in [4.69, 9.17) is 0 Å². The van der Waals surface area contributed by atoms with E-state index in [-0.39, 0.29) is 0 Å². The molecule has 0 heterocycles. The smallest absolute Gasteiger partial charge is 0.0205 e. The molecule has 0 aromatic heterocycles. The molecule has 1 nitrogen and oxygen atoms in total. The van der Waals surface area contributed by atoms with Crippen molar-refractivity contribution in [2.24, 2.45) is 5.92 Å². The molecule has 0 unspecified atom stereocenters. The number of benzene rings is 1. The van der Waals surface area contributed by atoms with E-state index in [0.717, 1.165) is 16.9 Å². The van der Waals surface area contributed by atoms with Crippen molar-refractivity contribution in [1.82, 2.24) is 5.32 Å². The van der Waals surface area contributed by atoms with Crippen LogP contribution in [0.15, 0.2) is 28.7 Å². The van der Waals surface area contributed by atoms with Gasteiger partial charge in [0.25, 0.3) is 0 Å². The van der Waals surface area contributed by atoms with Gasteiger partial charge in [-0.1, -0.05) is 40.9 Å². The maximum absolute atomic E-state index is 3.55. The molecule has 2 heteroatoms. The maximum Gasteiger partial charge on any atom is 0.0205 e. The van der Waals surface area contributed by atoms with E-state index in [9.17, 15) is 0 Å². The van der Waals surface area contributed by atoms with Crippen LogP contribution in [-0.2, 0) is 6.54 Å². The zero-order valence-electron chi connectivity index (χ0n) is 9.01. The molecule has 0 amide bonds. The van der Waals surface area contributed by atoms with E-state index in [1.54, 1.807) is 0 Å². The minimum absolute atomic E-state index is 0.931. The standard InChI is InChI=1S/C13H18BrN/c14-13-7-5-12(6-8-13)10-15-9-11-3-1-2-4-11/h5-8,11,15H,1-4,9-10H2. The minimum Gasteiger partial charge on any atom is -0.312 e. The SMILES string of the molecule is Brc1ccc(CNCC2CCCC2)cc1. The van der Waals surface area contributed by atoms with Gasteiger partial charge in [0, 0.05) is 11.0 Å². The lowest BCUT2D eigenvalue weighted by Crippen LogP contribution is -2.20. The maximum atomic E-state index is 3.55. The van der Waals surface area contributed by atoms with Crippen LogP contribution in [0.3, 0.4) is 0 Å². The Morgan fingerprint density at radius 3 is 2.47 bits per heavy atom. The monoisotopic (exact) mass is 267 g/mol. The molecule has 0 bridgehead atoms. The van der Waals surface area contributed by atoms with Gasteiger partial charge in [0.05, 0.1) is 0 Å². The molecule has 0 radical (unpaired) electrons. The molecule has 0 saturated heterocycles. The second-order valence-corrected chi connectivity index (χ2v) is 5.32. The predicted molar refractivity (Wildman–Crippen MR) is 67.8 cm³/mol. The first kappa shape index (κ1) is 11.2. The molecule has 1 N–H and O–H groups in total. The van der Waals surface area contributed by atoms with Crippen LogP contribution in [0.1, 0.15) is 31.2 Å². The fourth-order valence-electron chi connectivity index (χ4n) is 2.24. The highest BCUT2D eigenvalue weighted by atomic mass is 79.9. The molecule has 0 spiro atoms. The van der Waals surface area contributed by atoms with Crippen molar-refractivity contribution in [3.8, 4) is 0 Å². The van der Waals surface area contributed by atoms with Gasteiger partial charge < -0.3 is 5.32 Å². The molecule has 1 fully saturated rings. The Labute approximate surface area is 100 Å². The third kappa shape index (κ3) is 3.62. The summed E-state index contributed by atoms with van der Waals surface area (Å²) in [6.07, 6.45) is 5.72. The van der Waals surface area contributed by atoms with Crippen LogP contribution in [0, 0.1) is 5.92 Å². The second kappa shape index (κ2) is 5.66. The van der Waals surface area contributed by atoms with E-state index >= 15 is 0 Å². The van der Waals surface area contributed by atoms with Gasteiger partial charge in [-0.15, -0.1) is 0 Å². The van der Waals surface area contributed by atoms with Crippen LogP contribution < -0.4 is 5.32 Å². The molecule has 1 aliphatic carbocycles. The molecule has 0 aliphatic heterocycles. The van der Waals surface area contributed by atoms with Crippen molar-refractivity contribution in [1.29, 1.82) is 0 Å².